The standard InChI is InChI=1S/C8H14N4O.2ClH/c1-12-4-2-3-6(12)8-10-7(5-9)11-13-8;;/h6H,2-5,9H2,1H3;2*1H/t6-;;/m0../s1. The van der Waals surface area contributed by atoms with Crippen LogP contribution in [0.3, 0.4) is 0 Å². The first kappa shape index (κ1) is 14.6. The molecule has 2 heterocycles. The summed E-state index contributed by atoms with van der Waals surface area (Å²) in [7, 11) is 2.07. The van der Waals surface area contributed by atoms with E-state index in [2.05, 4.69) is 22.1 Å². The molecular weight excluding hydrogens is 239 g/mol. The molecule has 7 heteroatoms. The van der Waals surface area contributed by atoms with Crippen molar-refractivity contribution >= 4 is 24.8 Å². The highest BCUT2D eigenvalue weighted by Crippen LogP contribution is 2.28. The summed E-state index contributed by atoms with van der Waals surface area (Å²) in [6, 6.07) is 0.299. The molecule has 1 aromatic rings. The van der Waals surface area contributed by atoms with E-state index in [1.165, 1.54) is 6.42 Å². The van der Waals surface area contributed by atoms with Gasteiger partial charge in [-0.15, -0.1) is 24.8 Å². The Labute approximate surface area is 101 Å². The number of aromatic nitrogens is 2. The van der Waals surface area contributed by atoms with Crippen LogP contribution in [0.1, 0.15) is 30.6 Å². The summed E-state index contributed by atoms with van der Waals surface area (Å²) in [5, 5.41) is 3.78. The molecule has 0 bridgehead atoms. The average Bonchev–Trinajstić information content (AvgIpc) is 2.71. The Kier molecular flexibility index (Phi) is 6.12. The molecule has 88 valence electrons. The minimum absolute atomic E-state index is 0. The summed E-state index contributed by atoms with van der Waals surface area (Å²) in [4.78, 5) is 6.45. The van der Waals surface area contributed by atoms with E-state index in [1.54, 1.807) is 0 Å². The second-order valence-electron chi connectivity index (χ2n) is 3.39. The van der Waals surface area contributed by atoms with E-state index in [0.29, 0.717) is 24.3 Å². The number of hydrogen-bond donors (Lipinski definition) is 1. The lowest BCUT2D eigenvalue weighted by Gasteiger charge is -2.14. The number of halogens is 2. The second kappa shape index (κ2) is 6.27. The highest BCUT2D eigenvalue weighted by molar-refractivity contribution is 5.85. The Morgan fingerprint density at radius 1 is 1.53 bits per heavy atom. The van der Waals surface area contributed by atoms with E-state index < -0.39 is 0 Å². The quantitative estimate of drug-likeness (QED) is 0.858. The predicted molar refractivity (Wildman–Crippen MR) is 61.3 cm³/mol. The van der Waals surface area contributed by atoms with Crippen LogP contribution >= 0.6 is 24.8 Å². The number of likely N-dealkylation sites (tertiary alicyclic amines) is 1. The zero-order chi connectivity index (χ0) is 9.26. The molecule has 1 aromatic heterocycles. The van der Waals surface area contributed by atoms with Gasteiger partial charge in [-0.25, -0.2) is 0 Å². The van der Waals surface area contributed by atoms with Crippen molar-refractivity contribution in [2.24, 2.45) is 5.73 Å². The Balaban J connectivity index is 0.000000980. The summed E-state index contributed by atoms with van der Waals surface area (Å²) in [5.41, 5.74) is 5.40. The third kappa shape index (κ3) is 3.04. The van der Waals surface area contributed by atoms with Crippen molar-refractivity contribution in [2.45, 2.75) is 25.4 Å². The lowest BCUT2D eigenvalue weighted by Crippen LogP contribution is -2.17. The minimum atomic E-state index is 0. The fraction of sp³-hybridized carbons (Fsp3) is 0.750. The van der Waals surface area contributed by atoms with Crippen LogP contribution in [-0.2, 0) is 6.54 Å². The maximum absolute atomic E-state index is 5.40. The molecule has 1 atom stereocenters. The molecule has 2 rings (SSSR count). The summed E-state index contributed by atoms with van der Waals surface area (Å²) < 4.78 is 5.13. The van der Waals surface area contributed by atoms with Gasteiger partial charge in [0.2, 0.25) is 5.89 Å². The molecule has 0 aliphatic carbocycles. The van der Waals surface area contributed by atoms with Crippen molar-refractivity contribution < 1.29 is 4.52 Å². The van der Waals surface area contributed by atoms with E-state index in [0.717, 1.165) is 13.0 Å². The fourth-order valence-electron chi connectivity index (χ4n) is 1.71. The first-order valence-electron chi connectivity index (χ1n) is 4.54. The van der Waals surface area contributed by atoms with Gasteiger partial charge in [0.15, 0.2) is 5.82 Å². The normalized spacial score (nSPS) is 20.8. The molecule has 2 N–H and O–H groups in total. The van der Waals surface area contributed by atoms with E-state index in [9.17, 15) is 0 Å². The van der Waals surface area contributed by atoms with Gasteiger partial charge < -0.3 is 10.3 Å². The molecule has 0 saturated carbocycles. The third-order valence-corrected chi connectivity index (χ3v) is 2.47. The van der Waals surface area contributed by atoms with Gasteiger partial charge >= 0.3 is 0 Å². The molecule has 0 spiro atoms. The summed E-state index contributed by atoms with van der Waals surface area (Å²) in [6.07, 6.45) is 2.30. The smallest absolute Gasteiger partial charge is 0.244 e. The molecular formula is C8H16Cl2N4O. The van der Waals surface area contributed by atoms with Crippen molar-refractivity contribution in [1.82, 2.24) is 15.0 Å². The Bertz CT molecular complexity index is 294. The van der Waals surface area contributed by atoms with Gasteiger partial charge in [-0.05, 0) is 26.4 Å². The first-order chi connectivity index (χ1) is 6.31. The maximum atomic E-state index is 5.40. The van der Waals surface area contributed by atoms with Gasteiger partial charge in [-0.3, -0.25) is 4.90 Å². The zero-order valence-electron chi connectivity index (χ0n) is 8.55. The molecule has 5 nitrogen and oxygen atoms in total. The number of hydrogen-bond acceptors (Lipinski definition) is 5. The Morgan fingerprint density at radius 3 is 2.73 bits per heavy atom. The minimum Gasteiger partial charge on any atom is -0.338 e. The summed E-state index contributed by atoms with van der Waals surface area (Å²) >= 11 is 0. The lowest BCUT2D eigenvalue weighted by atomic mass is 10.2. The molecule has 1 saturated heterocycles. The third-order valence-electron chi connectivity index (χ3n) is 2.47. The lowest BCUT2D eigenvalue weighted by molar-refractivity contribution is 0.244. The molecule has 1 aliphatic heterocycles. The van der Waals surface area contributed by atoms with Crippen molar-refractivity contribution in [3.05, 3.63) is 11.7 Å². The monoisotopic (exact) mass is 254 g/mol. The van der Waals surface area contributed by atoms with Gasteiger partial charge in [0.25, 0.3) is 0 Å². The second-order valence-corrected chi connectivity index (χ2v) is 3.39. The van der Waals surface area contributed by atoms with Gasteiger partial charge in [0.05, 0.1) is 12.6 Å². The number of rotatable bonds is 2. The molecule has 0 aromatic carbocycles. The molecule has 0 amide bonds. The Morgan fingerprint density at radius 2 is 2.27 bits per heavy atom. The summed E-state index contributed by atoms with van der Waals surface area (Å²) in [6.45, 7) is 1.45. The fourth-order valence-corrected chi connectivity index (χ4v) is 1.71. The van der Waals surface area contributed by atoms with Crippen LogP contribution in [0.15, 0.2) is 4.52 Å². The molecule has 1 fully saturated rings. The Hall–Kier alpha value is -0.360. The SMILES string of the molecule is CN1CCC[C@H]1c1nc(CN)no1.Cl.Cl. The number of nitrogens with zero attached hydrogens (tertiary/aromatic N) is 3. The molecule has 1 aliphatic rings. The van der Waals surface area contributed by atoms with Crippen LogP contribution in [-0.4, -0.2) is 28.6 Å². The van der Waals surface area contributed by atoms with Gasteiger partial charge in [-0.2, -0.15) is 4.98 Å². The van der Waals surface area contributed by atoms with E-state index in [-0.39, 0.29) is 24.8 Å². The van der Waals surface area contributed by atoms with E-state index >= 15 is 0 Å². The van der Waals surface area contributed by atoms with Crippen LogP contribution in [0.2, 0.25) is 0 Å². The average molecular weight is 255 g/mol. The van der Waals surface area contributed by atoms with Gasteiger partial charge in [0.1, 0.15) is 0 Å². The highest BCUT2D eigenvalue weighted by atomic mass is 35.5. The number of nitrogens with two attached hydrogens (primary N) is 1. The highest BCUT2D eigenvalue weighted by Gasteiger charge is 2.27. The van der Waals surface area contributed by atoms with Crippen LogP contribution in [0.5, 0.6) is 0 Å². The van der Waals surface area contributed by atoms with Crippen molar-refractivity contribution in [3.8, 4) is 0 Å². The molecule has 0 radical (unpaired) electrons. The van der Waals surface area contributed by atoms with Gasteiger partial charge in [-0.1, -0.05) is 5.16 Å². The summed E-state index contributed by atoms with van der Waals surface area (Å²) in [5.74, 6) is 1.30. The zero-order valence-corrected chi connectivity index (χ0v) is 10.2. The molecule has 15 heavy (non-hydrogen) atoms. The van der Waals surface area contributed by atoms with Crippen molar-refractivity contribution in [1.29, 1.82) is 0 Å². The van der Waals surface area contributed by atoms with Gasteiger partial charge in [0, 0.05) is 0 Å². The topological polar surface area (TPSA) is 68.2 Å². The van der Waals surface area contributed by atoms with Crippen LogP contribution in [0, 0.1) is 0 Å². The van der Waals surface area contributed by atoms with E-state index in [4.69, 9.17) is 10.3 Å². The predicted octanol–water partition coefficient (Wildman–Crippen LogP) is 1.14. The van der Waals surface area contributed by atoms with Crippen molar-refractivity contribution in [2.75, 3.05) is 13.6 Å². The van der Waals surface area contributed by atoms with Crippen molar-refractivity contribution in [3.63, 3.8) is 0 Å². The largest absolute Gasteiger partial charge is 0.338 e. The van der Waals surface area contributed by atoms with Crippen LogP contribution in [0.4, 0.5) is 0 Å². The van der Waals surface area contributed by atoms with E-state index in [1.807, 2.05) is 0 Å². The van der Waals surface area contributed by atoms with Crippen LogP contribution < -0.4 is 5.73 Å². The maximum Gasteiger partial charge on any atom is 0.244 e. The first-order valence-corrected chi connectivity index (χ1v) is 4.54. The molecule has 0 unspecified atom stereocenters. The van der Waals surface area contributed by atoms with Crippen LogP contribution in [0.25, 0.3) is 0 Å².